The number of methoxy groups -OCH3 is 1. The maximum Gasteiger partial charge on any atom is 0.276 e. The highest BCUT2D eigenvalue weighted by molar-refractivity contribution is 8.00. The van der Waals surface area contributed by atoms with Crippen LogP contribution in [0.25, 0.3) is 16.3 Å². The Morgan fingerprint density at radius 2 is 2.17 bits per heavy atom. The van der Waals surface area contributed by atoms with Crippen molar-refractivity contribution in [2.75, 3.05) is 13.7 Å². The van der Waals surface area contributed by atoms with E-state index in [0.717, 1.165) is 26.7 Å². The van der Waals surface area contributed by atoms with E-state index in [4.69, 9.17) is 17.0 Å². The minimum atomic E-state index is -0.152. The van der Waals surface area contributed by atoms with Crippen LogP contribution in [0.2, 0.25) is 0 Å². The Morgan fingerprint density at radius 3 is 2.93 bits per heavy atom. The zero-order valence-corrected chi connectivity index (χ0v) is 18.7. The third-order valence-corrected chi connectivity index (χ3v) is 7.07. The van der Waals surface area contributed by atoms with Crippen molar-refractivity contribution in [2.45, 2.75) is 10.1 Å². The molecule has 0 radical (unpaired) electrons. The molecular weight excluding hydrogens is 434 g/mol. The van der Waals surface area contributed by atoms with E-state index in [1.54, 1.807) is 36.3 Å². The molecule has 5 nitrogen and oxygen atoms in total. The summed E-state index contributed by atoms with van der Waals surface area (Å²) in [5.74, 6) is 1.36. The lowest BCUT2D eigenvalue weighted by atomic mass is 10.1. The molecule has 1 fully saturated rings. The third-order valence-electron chi connectivity index (χ3n) is 4.51. The predicted octanol–water partition coefficient (Wildman–Crippen LogP) is 4.84. The average Bonchev–Trinajstić information content (AvgIpc) is 3.28. The van der Waals surface area contributed by atoms with E-state index >= 15 is 0 Å². The molecule has 2 heterocycles. The van der Waals surface area contributed by atoms with Crippen LogP contribution in [0, 0.1) is 0 Å². The molecule has 1 amide bonds. The van der Waals surface area contributed by atoms with Crippen molar-refractivity contribution in [3.05, 3.63) is 71.9 Å². The maximum atomic E-state index is 12.5. The van der Waals surface area contributed by atoms with Crippen molar-refractivity contribution in [2.24, 2.45) is 0 Å². The van der Waals surface area contributed by atoms with Crippen molar-refractivity contribution in [1.29, 1.82) is 0 Å². The van der Waals surface area contributed by atoms with Crippen molar-refractivity contribution < 1.29 is 9.53 Å². The molecule has 3 aromatic rings. The summed E-state index contributed by atoms with van der Waals surface area (Å²) in [5.41, 5.74) is 3.40. The van der Waals surface area contributed by atoms with E-state index in [9.17, 15) is 4.79 Å². The van der Waals surface area contributed by atoms with Crippen molar-refractivity contribution >= 4 is 62.6 Å². The number of ether oxygens (including phenoxy) is 1. The second-order valence-corrected chi connectivity index (χ2v) is 9.14. The zero-order chi connectivity index (χ0) is 21.1. The van der Waals surface area contributed by atoms with Crippen LogP contribution in [0.4, 0.5) is 0 Å². The van der Waals surface area contributed by atoms with Gasteiger partial charge in [0, 0.05) is 17.9 Å². The molecule has 30 heavy (non-hydrogen) atoms. The molecule has 4 rings (SSSR count). The molecule has 0 saturated carbocycles. The molecule has 1 aliphatic heterocycles. The van der Waals surface area contributed by atoms with E-state index in [-0.39, 0.29) is 5.91 Å². The summed E-state index contributed by atoms with van der Waals surface area (Å²) in [4.78, 5) is 18.7. The molecule has 0 unspecified atom stereocenters. The van der Waals surface area contributed by atoms with Crippen LogP contribution in [0.3, 0.4) is 0 Å². The van der Waals surface area contributed by atoms with Crippen LogP contribution in [-0.2, 0) is 10.5 Å². The quantitative estimate of drug-likeness (QED) is 0.239. The Labute approximate surface area is 188 Å². The molecule has 8 heteroatoms. The minimum absolute atomic E-state index is 0.152. The minimum Gasteiger partial charge on any atom is -0.496 e. The van der Waals surface area contributed by atoms with E-state index in [1.165, 1.54) is 9.60 Å². The number of thiazole rings is 1. The van der Waals surface area contributed by atoms with E-state index in [0.29, 0.717) is 23.1 Å². The van der Waals surface area contributed by atoms with Crippen LogP contribution in [-0.4, -0.2) is 34.6 Å². The van der Waals surface area contributed by atoms with Crippen LogP contribution < -0.4 is 10.1 Å². The van der Waals surface area contributed by atoms with Gasteiger partial charge in [-0.25, -0.2) is 4.98 Å². The summed E-state index contributed by atoms with van der Waals surface area (Å²) in [6.45, 7) is 4.05. The monoisotopic (exact) mass is 453 g/mol. The fourth-order valence-corrected chi connectivity index (χ4v) is 5.40. The average molecular weight is 454 g/mol. The number of thiocarbonyl (C=S) groups is 1. The number of carbonyl (C=O) groups excluding carboxylic acids is 1. The van der Waals surface area contributed by atoms with Gasteiger partial charge in [0.1, 0.15) is 11.4 Å². The van der Waals surface area contributed by atoms with Crippen molar-refractivity contribution in [3.63, 3.8) is 0 Å². The largest absolute Gasteiger partial charge is 0.496 e. The predicted molar refractivity (Wildman–Crippen MR) is 128 cm³/mol. The first-order valence-electron chi connectivity index (χ1n) is 9.20. The summed E-state index contributed by atoms with van der Waals surface area (Å²) in [6, 6.07) is 14.0. The van der Waals surface area contributed by atoms with E-state index in [1.807, 2.05) is 42.5 Å². The Bertz CT molecular complexity index is 1140. The Kier molecular flexibility index (Phi) is 6.17. The number of hydrogen-bond donors (Lipinski definition) is 1. The van der Waals surface area contributed by atoms with Gasteiger partial charge in [-0.3, -0.25) is 9.69 Å². The number of nitrogens with one attached hydrogen (secondary N) is 1. The fraction of sp³-hybridized carbons (Fsp3) is 0.136. The number of amides is 1. The van der Waals surface area contributed by atoms with E-state index in [2.05, 4.69) is 22.9 Å². The molecule has 1 aliphatic rings. The first kappa shape index (κ1) is 20.6. The number of fused-ring (bicyclic) bond motifs is 1. The number of aromatic nitrogens is 1. The Morgan fingerprint density at radius 1 is 1.33 bits per heavy atom. The number of carbonyl (C=O) groups is 1. The first-order chi connectivity index (χ1) is 14.6. The van der Waals surface area contributed by atoms with Gasteiger partial charge in [0.05, 0.1) is 17.3 Å². The lowest BCUT2D eigenvalue weighted by Crippen LogP contribution is -2.30. The number of benzene rings is 2. The second-order valence-electron chi connectivity index (χ2n) is 6.50. The number of rotatable bonds is 7. The van der Waals surface area contributed by atoms with Gasteiger partial charge in [-0.15, -0.1) is 17.9 Å². The van der Waals surface area contributed by atoms with Gasteiger partial charge in [-0.2, -0.15) is 0 Å². The summed E-state index contributed by atoms with van der Waals surface area (Å²) >= 11 is 8.60. The van der Waals surface area contributed by atoms with Gasteiger partial charge in [0.2, 0.25) is 0 Å². The molecule has 2 aromatic carbocycles. The molecule has 0 aliphatic carbocycles. The standard InChI is InChI=1S/C22H19N3O2S3/c1-3-10-25-20(26)17(23-21(25)28)12-14-8-9-18(27-2)15(11-14)13-29-22-24-16-6-4-5-7-19(16)30-22/h3-9,11-12H,1,10,13H2,2H3,(H,23,28). The normalized spacial score (nSPS) is 15.1. The highest BCUT2D eigenvalue weighted by Crippen LogP contribution is 2.34. The smallest absolute Gasteiger partial charge is 0.276 e. The number of hydrogen-bond acceptors (Lipinski definition) is 6. The summed E-state index contributed by atoms with van der Waals surface area (Å²) in [7, 11) is 1.66. The molecule has 1 aromatic heterocycles. The van der Waals surface area contributed by atoms with Gasteiger partial charge in [0.15, 0.2) is 9.45 Å². The SMILES string of the molecule is C=CCN1C(=O)C(=Cc2ccc(OC)c(CSc3nc4ccccc4s3)c2)NC1=S. The summed E-state index contributed by atoms with van der Waals surface area (Å²) in [5, 5.41) is 3.38. The Balaban J connectivity index is 1.55. The zero-order valence-electron chi connectivity index (χ0n) is 16.3. The number of nitrogens with zero attached hydrogens (tertiary/aromatic N) is 2. The molecule has 1 N–H and O–H groups in total. The van der Waals surface area contributed by atoms with Gasteiger partial charge in [0.25, 0.3) is 5.91 Å². The van der Waals surface area contributed by atoms with Crippen LogP contribution >= 0.6 is 35.3 Å². The Hall–Kier alpha value is -2.68. The second kappa shape index (κ2) is 8.99. The number of thioether (sulfide) groups is 1. The highest BCUT2D eigenvalue weighted by atomic mass is 32.2. The first-order valence-corrected chi connectivity index (χ1v) is 11.4. The van der Waals surface area contributed by atoms with Crippen molar-refractivity contribution in [3.8, 4) is 5.75 Å². The van der Waals surface area contributed by atoms with Crippen LogP contribution in [0.5, 0.6) is 5.75 Å². The highest BCUT2D eigenvalue weighted by Gasteiger charge is 2.29. The van der Waals surface area contributed by atoms with E-state index < -0.39 is 0 Å². The summed E-state index contributed by atoms with van der Waals surface area (Å²) in [6.07, 6.45) is 3.46. The maximum absolute atomic E-state index is 12.5. The molecule has 152 valence electrons. The van der Waals surface area contributed by atoms with Crippen LogP contribution in [0.1, 0.15) is 11.1 Å². The van der Waals surface area contributed by atoms with Crippen LogP contribution in [0.15, 0.2) is 65.2 Å². The lowest BCUT2D eigenvalue weighted by molar-refractivity contribution is -0.122. The molecule has 0 bridgehead atoms. The molecule has 0 atom stereocenters. The number of para-hydroxylation sites is 1. The molecular formula is C22H19N3O2S3. The van der Waals surface area contributed by atoms with Crippen molar-refractivity contribution in [1.82, 2.24) is 15.2 Å². The molecule has 0 spiro atoms. The van der Waals surface area contributed by atoms with Gasteiger partial charge >= 0.3 is 0 Å². The molecule has 1 saturated heterocycles. The van der Waals surface area contributed by atoms with Gasteiger partial charge < -0.3 is 10.1 Å². The topological polar surface area (TPSA) is 54.5 Å². The van der Waals surface area contributed by atoms with Gasteiger partial charge in [-0.05, 0) is 48.1 Å². The third kappa shape index (κ3) is 4.26. The fourth-order valence-electron chi connectivity index (χ4n) is 3.09. The lowest BCUT2D eigenvalue weighted by Gasteiger charge is -2.10. The summed E-state index contributed by atoms with van der Waals surface area (Å²) < 4.78 is 7.72. The van der Waals surface area contributed by atoms with Gasteiger partial charge in [-0.1, -0.05) is 36.0 Å².